The summed E-state index contributed by atoms with van der Waals surface area (Å²) in [4.78, 5) is 0. The molecule has 0 aliphatic carbocycles. The Morgan fingerprint density at radius 3 is 2.25 bits per heavy atom. The molecule has 0 spiro atoms. The first-order valence-electron chi connectivity index (χ1n) is 0.907. The van der Waals surface area contributed by atoms with Crippen molar-refractivity contribution in [2.24, 2.45) is 0 Å². The fraction of sp³-hybridized carbons (Fsp3) is 0.500. The van der Waals surface area contributed by atoms with Gasteiger partial charge in [0, 0.05) is 0 Å². The van der Waals surface area contributed by atoms with Crippen molar-refractivity contribution in [3.05, 3.63) is 0 Å². The molecule has 0 bridgehead atoms. The molecule has 0 unspecified atom stereocenters. The second-order valence-corrected chi connectivity index (χ2v) is 2.81. The molecule has 0 amide bonds. The van der Waals surface area contributed by atoms with Crippen LogP contribution < -0.4 is 0 Å². The highest BCUT2D eigenvalue weighted by atomic mass is 32.7. The van der Waals surface area contributed by atoms with Gasteiger partial charge in [0.1, 0.15) is 0 Å². The Labute approximate surface area is 32.1 Å². The lowest BCUT2D eigenvalue weighted by Gasteiger charge is -1.58. The van der Waals surface area contributed by atoms with Crippen molar-refractivity contribution in [2.75, 3.05) is 6.26 Å². The van der Waals surface area contributed by atoms with Crippen LogP contribution in [0.25, 0.3) is 0 Å². The van der Waals surface area contributed by atoms with Gasteiger partial charge in [0.05, 0.1) is 0 Å². The molecule has 0 saturated heterocycles. The lowest BCUT2D eigenvalue weighted by molar-refractivity contribution is 2.55. The number of rotatable bonds is 1. The summed E-state index contributed by atoms with van der Waals surface area (Å²) in [5, 5.41) is 0. The monoisotopic (exact) mass is 92.0 g/mol. The summed E-state index contributed by atoms with van der Waals surface area (Å²) in [6.45, 7) is 0. The Balaban J connectivity index is 2.30. The van der Waals surface area contributed by atoms with Crippen LogP contribution in [-0.2, 0) is 0 Å². The van der Waals surface area contributed by atoms with Crippen LogP contribution in [0.1, 0.15) is 0 Å². The summed E-state index contributed by atoms with van der Waals surface area (Å²) < 4.78 is 0. The van der Waals surface area contributed by atoms with Gasteiger partial charge in [-0.25, -0.2) is 0 Å². The zero-order valence-electron chi connectivity index (χ0n) is 2.56. The van der Waals surface area contributed by atoms with E-state index in [-0.39, 0.29) is 0 Å². The van der Waals surface area contributed by atoms with Gasteiger partial charge in [0.2, 0.25) is 0 Å². The van der Waals surface area contributed by atoms with Gasteiger partial charge in [-0.2, -0.15) is 0 Å². The molecule has 0 nitrogen and oxygen atoms in total. The lowest BCUT2D eigenvalue weighted by atomic mass is 12.0. The molecule has 0 aromatic carbocycles. The zero-order chi connectivity index (χ0) is 3.41. The van der Waals surface area contributed by atoms with E-state index in [0.29, 0.717) is 0 Å². The van der Waals surface area contributed by atoms with Gasteiger partial charge < -0.3 is 0 Å². The molecule has 0 fully saturated rings. The quantitative estimate of drug-likeness (QED) is 0.443. The molecule has 24 valence electrons. The summed E-state index contributed by atoms with van der Waals surface area (Å²) in [7, 11) is 1.17. The molecule has 4 heavy (non-hydrogen) atoms. The van der Waals surface area contributed by atoms with Crippen LogP contribution in [0.2, 0.25) is 0 Å². The number of hydrogen-bond acceptors (Lipinski definition) is 1. The van der Waals surface area contributed by atoms with E-state index in [2.05, 4.69) is 6.30 Å². The maximum absolute atomic E-state index is 3.54. The van der Waals surface area contributed by atoms with Crippen LogP contribution >= 0.6 is 18.8 Å². The number of hydrogen-bond donors (Lipinski definition) is 0. The Morgan fingerprint density at radius 1 is 2.00 bits per heavy atom. The first-order valence-corrected chi connectivity index (χ1v) is 3.82. The molecular weight excluding hydrogens is 87.1 g/mol. The molecule has 0 aliphatic rings. The van der Waals surface area contributed by atoms with E-state index in [0.717, 1.165) is 0 Å². The Kier molecular flexibility index (Phi) is 3.98. The molecule has 2 heteroatoms. The van der Waals surface area contributed by atoms with Crippen molar-refractivity contribution >= 4 is 25.1 Å². The molecule has 0 aromatic rings. The van der Waals surface area contributed by atoms with Crippen molar-refractivity contribution in [2.45, 2.75) is 0 Å². The Hall–Kier alpha value is 0.520. The predicted octanol–water partition coefficient (Wildman–Crippen LogP) is 1.64. The van der Waals surface area contributed by atoms with E-state index >= 15 is 0 Å². The highest BCUT2D eigenvalue weighted by molar-refractivity contribution is 8.48. The second kappa shape index (κ2) is 3.52. The fourth-order valence-electron chi connectivity index (χ4n) is 0. The van der Waals surface area contributed by atoms with Crippen LogP contribution in [0.15, 0.2) is 0 Å². The third-order valence-electron chi connectivity index (χ3n) is 0.129. The smallest absolute Gasteiger partial charge is 0.00977 e. The minimum Gasteiger partial charge on any atom is -0.106 e. The normalized spacial score (nSPS) is 8.25. The average molecular weight is 92.1 g/mol. The minimum atomic E-state index is 1.17. The van der Waals surface area contributed by atoms with Crippen LogP contribution in [-0.4, -0.2) is 12.6 Å². The Bertz CT molecular complexity index is 20.0. The van der Waals surface area contributed by atoms with E-state index in [1.807, 2.05) is 6.26 Å². The zero-order valence-corrected chi connectivity index (χ0v) is 4.27. The van der Waals surface area contributed by atoms with Gasteiger partial charge in [-0.3, -0.25) is 0 Å². The van der Waals surface area contributed by atoms with E-state index < -0.39 is 0 Å². The van der Waals surface area contributed by atoms with Gasteiger partial charge in [0.15, 0.2) is 0 Å². The SMILES string of the molecule is C=PSC. The molecule has 0 N–H and O–H groups in total. The van der Waals surface area contributed by atoms with E-state index in [1.54, 1.807) is 11.4 Å². The third kappa shape index (κ3) is 2.52. The molecule has 0 radical (unpaired) electrons. The summed E-state index contributed by atoms with van der Waals surface area (Å²) >= 11 is 1.72. The standard InChI is InChI=1S/C2H5PS/c1-3-4-2/h1H2,2H3. The first-order chi connectivity index (χ1) is 1.91. The van der Waals surface area contributed by atoms with Crippen LogP contribution in [0.4, 0.5) is 0 Å². The topological polar surface area (TPSA) is 0 Å². The Morgan fingerprint density at radius 2 is 2.25 bits per heavy atom. The van der Waals surface area contributed by atoms with Crippen molar-refractivity contribution < 1.29 is 0 Å². The molecule has 0 atom stereocenters. The average Bonchev–Trinajstić information content (AvgIpc) is 1.37. The van der Waals surface area contributed by atoms with Gasteiger partial charge in [-0.1, -0.05) is 6.30 Å². The minimum absolute atomic E-state index is 1.17. The molecule has 0 saturated carbocycles. The molecule has 0 aliphatic heterocycles. The van der Waals surface area contributed by atoms with E-state index in [9.17, 15) is 0 Å². The third-order valence-corrected chi connectivity index (χ3v) is 1.16. The van der Waals surface area contributed by atoms with E-state index in [4.69, 9.17) is 0 Å². The van der Waals surface area contributed by atoms with Crippen LogP contribution in [0.5, 0.6) is 0 Å². The van der Waals surface area contributed by atoms with Gasteiger partial charge >= 0.3 is 0 Å². The largest absolute Gasteiger partial charge is 0.106 e. The van der Waals surface area contributed by atoms with Crippen LogP contribution in [0.3, 0.4) is 0 Å². The summed E-state index contributed by atoms with van der Waals surface area (Å²) in [5.74, 6) is 0. The summed E-state index contributed by atoms with van der Waals surface area (Å²) in [5.41, 5.74) is 0. The van der Waals surface area contributed by atoms with E-state index in [1.165, 1.54) is 7.41 Å². The maximum atomic E-state index is 3.54. The van der Waals surface area contributed by atoms with Gasteiger partial charge in [-0.05, 0) is 13.7 Å². The van der Waals surface area contributed by atoms with Crippen molar-refractivity contribution in [3.8, 4) is 0 Å². The van der Waals surface area contributed by atoms with Gasteiger partial charge in [-0.15, -0.1) is 11.4 Å². The predicted molar refractivity (Wildman–Crippen MR) is 27.6 cm³/mol. The van der Waals surface area contributed by atoms with Crippen LogP contribution in [0, 0.1) is 0 Å². The fourth-order valence-corrected chi connectivity index (χ4v) is 0. The molecule has 0 rings (SSSR count). The van der Waals surface area contributed by atoms with Crippen molar-refractivity contribution in [3.63, 3.8) is 0 Å². The van der Waals surface area contributed by atoms with Crippen molar-refractivity contribution in [1.82, 2.24) is 0 Å². The first kappa shape index (κ1) is 4.52. The molecule has 0 heterocycles. The molecule has 0 aromatic heterocycles. The second-order valence-electron chi connectivity index (χ2n) is 0.312. The molecular formula is C2H5PS. The lowest BCUT2D eigenvalue weighted by Crippen LogP contribution is -1.13. The summed E-state index contributed by atoms with van der Waals surface area (Å²) in [6, 6.07) is 0. The highest BCUT2D eigenvalue weighted by Gasteiger charge is 1.45. The van der Waals surface area contributed by atoms with Crippen molar-refractivity contribution in [1.29, 1.82) is 0 Å². The van der Waals surface area contributed by atoms with Gasteiger partial charge in [0.25, 0.3) is 0 Å². The summed E-state index contributed by atoms with van der Waals surface area (Å²) in [6.07, 6.45) is 5.56. The highest BCUT2D eigenvalue weighted by Crippen LogP contribution is 2.08. The maximum Gasteiger partial charge on any atom is -0.00977 e.